The van der Waals surface area contributed by atoms with E-state index in [-0.39, 0.29) is 0 Å². The zero-order valence-electron chi connectivity index (χ0n) is 8.84. The number of aliphatic hydroxyl groups is 2. The van der Waals surface area contributed by atoms with Crippen LogP contribution in [-0.2, 0) is 23.4 Å². The first-order chi connectivity index (χ1) is 8.70. The number of carbonyl (C=O) groups excluding carboxylic acids is 3. The van der Waals surface area contributed by atoms with E-state index in [9.17, 15) is 27.7 Å². The first kappa shape index (κ1) is 19.3. The van der Waals surface area contributed by atoms with E-state index in [2.05, 4.69) is 10.7 Å². The Kier molecular flexibility index (Phi) is 5.78. The van der Waals surface area contributed by atoms with Crippen LogP contribution in [0.1, 0.15) is 0 Å². The minimum absolute atomic E-state index is 1.45. The Bertz CT molecular complexity index is 567. The smallest absolute Gasteiger partial charge is 0.366 e. The number of hydrogen-bond donors (Lipinski definition) is 4. The Labute approximate surface area is 120 Å². The topological polar surface area (TPSA) is 196 Å². The highest BCUT2D eigenvalue weighted by atomic mass is 35.7. The van der Waals surface area contributed by atoms with Gasteiger partial charge in [-0.2, -0.15) is 0 Å². The summed E-state index contributed by atoms with van der Waals surface area (Å²) in [5, 5.41) is 15.1. The van der Waals surface area contributed by atoms with E-state index in [0.29, 0.717) is 0 Å². The molecule has 0 aliphatic rings. The zero-order chi connectivity index (χ0) is 16.5. The fourth-order valence-corrected chi connectivity index (χ4v) is 2.02. The lowest BCUT2D eigenvalue weighted by atomic mass is 10.1. The van der Waals surface area contributed by atoms with E-state index in [4.69, 9.17) is 30.0 Å². The molecule has 4 N–H and O–H groups in total. The molecule has 0 aliphatic heterocycles. The standard InChI is InChI=1S/C5H5Cl2NO10S2/c6-19(15,16)4(12)2(10)1(9)3(11)5(13,8-14)20(7,17)18/h4,12-13,15-16H/t4?,5-/m1/s1. The Morgan fingerprint density at radius 1 is 1.15 bits per heavy atom. The van der Waals surface area contributed by atoms with Gasteiger partial charge in [-0.15, -0.1) is 4.91 Å². The number of halogens is 2. The van der Waals surface area contributed by atoms with Crippen LogP contribution < -0.4 is 0 Å². The van der Waals surface area contributed by atoms with E-state index in [1.807, 2.05) is 0 Å². The molecule has 0 fully saturated rings. The van der Waals surface area contributed by atoms with Crippen LogP contribution in [0.4, 0.5) is 0 Å². The van der Waals surface area contributed by atoms with Crippen LogP contribution in [0.3, 0.4) is 0 Å². The van der Waals surface area contributed by atoms with Gasteiger partial charge in [-0.3, -0.25) is 23.5 Å². The average Bonchev–Trinajstić information content (AvgIpc) is 2.31. The molecular formula is C5H5Cl2NO10S2. The number of nitrogens with zero attached hydrogens (tertiary/aromatic N) is 1. The summed E-state index contributed by atoms with van der Waals surface area (Å²) in [4.78, 5) is 43.7. The van der Waals surface area contributed by atoms with Crippen molar-refractivity contribution in [3.63, 3.8) is 0 Å². The molecule has 1 unspecified atom stereocenters. The molecule has 0 aromatic rings. The largest absolute Gasteiger partial charge is 0.381 e. The van der Waals surface area contributed by atoms with Crippen molar-refractivity contribution in [3.8, 4) is 0 Å². The van der Waals surface area contributed by atoms with Gasteiger partial charge >= 0.3 is 5.06 Å². The van der Waals surface area contributed by atoms with Crippen LogP contribution in [0.5, 0.6) is 0 Å². The highest BCUT2D eigenvalue weighted by molar-refractivity contribution is 8.43. The van der Waals surface area contributed by atoms with Crippen molar-refractivity contribution < 1.29 is 42.1 Å². The summed E-state index contributed by atoms with van der Waals surface area (Å²) in [7, 11) is -0.747. The van der Waals surface area contributed by atoms with Crippen molar-refractivity contribution in [2.75, 3.05) is 0 Å². The Hall–Kier alpha value is -0.670. The van der Waals surface area contributed by atoms with E-state index in [1.54, 1.807) is 0 Å². The Morgan fingerprint density at radius 3 is 1.80 bits per heavy atom. The molecule has 2 atom stereocenters. The molecule has 0 heterocycles. The van der Waals surface area contributed by atoms with Gasteiger partial charge in [0.1, 0.15) is 0 Å². The van der Waals surface area contributed by atoms with Gasteiger partial charge in [-0.05, 0) is 5.18 Å². The van der Waals surface area contributed by atoms with Gasteiger partial charge in [0.25, 0.3) is 26.4 Å². The SMILES string of the molecule is O=N[C@@](O)(C(=O)C(=O)C(=O)C(O)S(O)(O)Cl)S(=O)(=O)Cl. The first-order valence-corrected chi connectivity index (χ1v) is 8.73. The van der Waals surface area contributed by atoms with Crippen LogP contribution in [0, 0.1) is 4.91 Å². The predicted octanol–water partition coefficient (Wildman–Crippen LogP) is -1.10. The lowest BCUT2D eigenvalue weighted by Gasteiger charge is -2.27. The third kappa shape index (κ3) is 3.70. The van der Waals surface area contributed by atoms with Crippen LogP contribution >= 0.6 is 31.2 Å². The zero-order valence-corrected chi connectivity index (χ0v) is 12.0. The second-order valence-electron chi connectivity index (χ2n) is 3.03. The molecule has 0 rings (SSSR count). The summed E-state index contributed by atoms with van der Waals surface area (Å²) in [6, 6.07) is 0. The van der Waals surface area contributed by atoms with Crippen LogP contribution in [0.25, 0.3) is 0 Å². The van der Waals surface area contributed by atoms with E-state index < -0.39 is 46.7 Å². The number of Topliss-reactive ketones (excluding diaryl/α,β-unsaturated/α-hetero) is 3. The highest BCUT2D eigenvalue weighted by Crippen LogP contribution is 2.48. The molecule has 0 spiro atoms. The summed E-state index contributed by atoms with van der Waals surface area (Å²) in [5.74, 6) is -7.39. The molecule has 0 saturated heterocycles. The van der Waals surface area contributed by atoms with Gasteiger partial charge in [0.2, 0.25) is 5.44 Å². The van der Waals surface area contributed by atoms with Crippen molar-refractivity contribution in [2.24, 2.45) is 5.18 Å². The second kappa shape index (κ2) is 5.98. The third-order valence-electron chi connectivity index (χ3n) is 1.70. The molecular weight excluding hydrogens is 369 g/mol. The van der Waals surface area contributed by atoms with Crippen LogP contribution in [0.2, 0.25) is 0 Å². The van der Waals surface area contributed by atoms with Gasteiger partial charge in [0, 0.05) is 21.4 Å². The number of nitroso groups, excluding NO2 is 1. The molecule has 0 radical (unpaired) electrons. The number of hydrogen-bond acceptors (Lipinski definition) is 11. The first-order valence-electron chi connectivity index (χ1n) is 3.99. The fraction of sp³-hybridized carbons (Fsp3) is 0.400. The van der Waals surface area contributed by atoms with Crippen molar-refractivity contribution in [3.05, 3.63) is 4.91 Å². The maximum Gasteiger partial charge on any atom is 0.381 e. The molecule has 20 heavy (non-hydrogen) atoms. The van der Waals surface area contributed by atoms with Gasteiger partial charge in [0.05, 0.1) is 0 Å². The molecule has 0 amide bonds. The van der Waals surface area contributed by atoms with Crippen LogP contribution in [-0.4, -0.2) is 55.6 Å². The quantitative estimate of drug-likeness (QED) is 0.184. The summed E-state index contributed by atoms with van der Waals surface area (Å²) in [6.07, 6.45) is 0. The summed E-state index contributed by atoms with van der Waals surface area (Å²) < 4.78 is 38.9. The number of rotatable bonds is 7. The molecule has 0 aromatic carbocycles. The molecule has 0 bridgehead atoms. The van der Waals surface area contributed by atoms with Crippen molar-refractivity contribution in [1.82, 2.24) is 0 Å². The Balaban J connectivity index is 5.60. The molecule has 0 aliphatic carbocycles. The van der Waals surface area contributed by atoms with Gasteiger partial charge in [-0.1, -0.05) is 9.80 Å². The fourth-order valence-electron chi connectivity index (χ4n) is 0.705. The van der Waals surface area contributed by atoms with E-state index >= 15 is 0 Å². The molecule has 0 aromatic heterocycles. The predicted molar refractivity (Wildman–Crippen MR) is 65.2 cm³/mol. The molecule has 11 nitrogen and oxygen atoms in total. The van der Waals surface area contributed by atoms with Gasteiger partial charge in [-0.25, -0.2) is 8.42 Å². The maximum absolute atomic E-state index is 11.2. The van der Waals surface area contributed by atoms with Crippen molar-refractivity contribution >= 4 is 57.6 Å². The normalized spacial score (nSPS) is 17.7. The van der Waals surface area contributed by atoms with Crippen molar-refractivity contribution in [1.29, 1.82) is 0 Å². The lowest BCUT2D eigenvalue weighted by Crippen LogP contribution is -2.49. The van der Waals surface area contributed by atoms with Gasteiger partial charge in [0.15, 0.2) is 0 Å². The van der Waals surface area contributed by atoms with Crippen molar-refractivity contribution in [2.45, 2.75) is 10.5 Å². The molecule has 116 valence electrons. The summed E-state index contributed by atoms with van der Waals surface area (Å²) in [6.45, 7) is 0. The lowest BCUT2D eigenvalue weighted by molar-refractivity contribution is -0.150. The minimum atomic E-state index is -5.46. The average molecular weight is 374 g/mol. The monoisotopic (exact) mass is 373 g/mol. The number of carbonyl (C=O) groups is 3. The summed E-state index contributed by atoms with van der Waals surface area (Å²) >= 11 is 0. The highest BCUT2D eigenvalue weighted by Gasteiger charge is 2.56. The molecule has 15 heteroatoms. The molecule has 0 saturated carbocycles. The number of ketones is 3. The van der Waals surface area contributed by atoms with E-state index in [1.165, 1.54) is 5.18 Å². The summed E-state index contributed by atoms with van der Waals surface area (Å²) in [5.41, 5.74) is -2.99. The second-order valence-corrected chi connectivity index (χ2v) is 8.54. The maximum atomic E-state index is 11.2. The minimum Gasteiger partial charge on any atom is -0.366 e. The van der Waals surface area contributed by atoms with Crippen LogP contribution in [0.15, 0.2) is 5.18 Å². The Morgan fingerprint density at radius 2 is 1.55 bits per heavy atom. The third-order valence-corrected chi connectivity index (χ3v) is 4.57. The van der Waals surface area contributed by atoms with E-state index in [0.717, 1.165) is 0 Å². The van der Waals surface area contributed by atoms with Gasteiger partial charge < -0.3 is 10.2 Å². The number of aliphatic hydroxyl groups excluding tert-OH is 1.